The number of amides is 1. The van der Waals surface area contributed by atoms with Crippen LogP contribution >= 0.6 is 22.9 Å². The summed E-state index contributed by atoms with van der Waals surface area (Å²) < 4.78 is 39.8. The number of methoxy groups -OCH3 is 1. The second-order valence-electron chi connectivity index (χ2n) is 6.58. The van der Waals surface area contributed by atoms with Gasteiger partial charge in [-0.1, -0.05) is 0 Å². The van der Waals surface area contributed by atoms with Crippen LogP contribution in [0.5, 0.6) is 0 Å². The highest BCUT2D eigenvalue weighted by atomic mass is 127. The average Bonchev–Trinajstić information content (AvgIpc) is 3.31. The summed E-state index contributed by atoms with van der Waals surface area (Å²) in [5, 5.41) is 10.3. The van der Waals surface area contributed by atoms with Crippen LogP contribution in [0.15, 0.2) is 24.7 Å². The van der Waals surface area contributed by atoms with Crippen LogP contribution in [0.3, 0.4) is 0 Å². The molecule has 160 valence electrons. The summed E-state index contributed by atoms with van der Waals surface area (Å²) in [7, 11) is 1.62. The molecule has 4 heterocycles. The van der Waals surface area contributed by atoms with E-state index in [-0.39, 0.29) is 17.4 Å². The lowest BCUT2D eigenvalue weighted by Crippen LogP contribution is -2.44. The van der Waals surface area contributed by atoms with Crippen LogP contribution in [0.1, 0.15) is 22.5 Å². The lowest BCUT2D eigenvalue weighted by atomic mass is 10.2. The Bertz CT molecular complexity index is 1060. The highest BCUT2D eigenvalue weighted by molar-refractivity contribution is 14.1. The summed E-state index contributed by atoms with van der Waals surface area (Å²) >= 11 is 1.74. The van der Waals surface area contributed by atoms with Gasteiger partial charge in [-0.15, -0.1) is 0 Å². The molecule has 13 heteroatoms. The quantitative estimate of drug-likeness (QED) is 0.485. The van der Waals surface area contributed by atoms with Gasteiger partial charge in [-0.3, -0.25) is 4.79 Å². The number of rotatable bonds is 6. The monoisotopic (exact) mass is 533 g/mol. The Morgan fingerprint density at radius 3 is 3.10 bits per heavy atom. The van der Waals surface area contributed by atoms with Gasteiger partial charge in [0.05, 0.1) is 60.3 Å². The van der Waals surface area contributed by atoms with E-state index in [1.165, 1.54) is 19.8 Å². The first kappa shape index (κ1) is 20.9. The van der Waals surface area contributed by atoms with E-state index in [0.717, 1.165) is 0 Å². The Kier molecular flexibility index (Phi) is 6.10. The van der Waals surface area contributed by atoms with Crippen LogP contribution in [0.4, 0.5) is 20.3 Å². The highest BCUT2D eigenvalue weighted by Gasteiger charge is 2.24. The minimum Gasteiger partial charge on any atom is -0.382 e. The van der Waals surface area contributed by atoms with Crippen LogP contribution in [0.25, 0.3) is 5.65 Å². The van der Waals surface area contributed by atoms with Gasteiger partial charge >= 0.3 is 0 Å². The number of alkyl halides is 2. The molecular weight excluding hydrogens is 515 g/mol. The van der Waals surface area contributed by atoms with E-state index in [2.05, 4.69) is 20.5 Å². The summed E-state index contributed by atoms with van der Waals surface area (Å²) in [6, 6.07) is 1.80. The fraction of sp³-hybridized carbons (Fsp3) is 0.412. The standard InChI is InChI=1S/C17H18F2IN7O3/c1-29-9-10-7-25(4-5-30-10)13-2-3-26-16(23-13)11(6-21-26)17(28)22-12-8-27(20)24-14(12)15(18)19/h2-3,6,8,10,15H,4-5,7,9H2,1H3,(H,22,28). The number of morpholine rings is 1. The molecule has 0 saturated carbocycles. The second kappa shape index (κ2) is 8.77. The van der Waals surface area contributed by atoms with Gasteiger partial charge in [0.1, 0.15) is 11.4 Å². The third-order valence-corrected chi connectivity index (χ3v) is 5.08. The molecule has 30 heavy (non-hydrogen) atoms. The second-order valence-corrected chi connectivity index (χ2v) is 7.57. The highest BCUT2D eigenvalue weighted by Crippen LogP contribution is 2.27. The molecule has 4 rings (SSSR count). The number of hydrogen-bond acceptors (Lipinski definition) is 7. The zero-order valence-electron chi connectivity index (χ0n) is 15.8. The topological polar surface area (TPSA) is 98.8 Å². The molecule has 0 aliphatic carbocycles. The summed E-state index contributed by atoms with van der Waals surface area (Å²) in [6.45, 7) is 2.24. The van der Waals surface area contributed by atoms with Crippen molar-refractivity contribution in [1.29, 1.82) is 0 Å². The van der Waals surface area contributed by atoms with Crippen LogP contribution < -0.4 is 10.2 Å². The summed E-state index contributed by atoms with van der Waals surface area (Å²) in [6.07, 6.45) is 1.47. The third kappa shape index (κ3) is 4.22. The molecule has 1 unspecified atom stereocenters. The summed E-state index contributed by atoms with van der Waals surface area (Å²) in [4.78, 5) is 19.4. The van der Waals surface area contributed by atoms with Crippen LogP contribution in [0.2, 0.25) is 0 Å². The van der Waals surface area contributed by atoms with Crippen molar-refractivity contribution in [2.24, 2.45) is 0 Å². The van der Waals surface area contributed by atoms with Gasteiger partial charge in [-0.2, -0.15) is 10.2 Å². The van der Waals surface area contributed by atoms with Gasteiger partial charge in [0.15, 0.2) is 11.3 Å². The number of halogens is 3. The molecule has 1 N–H and O–H groups in total. The maximum Gasteiger partial charge on any atom is 0.284 e. The Hall–Kier alpha value is -2.39. The number of ether oxygens (including phenoxy) is 2. The molecule has 3 aromatic heterocycles. The Labute approximate surface area is 183 Å². The molecule has 0 aromatic carbocycles. The number of hydrogen-bond donors (Lipinski definition) is 1. The number of carbonyl (C=O) groups excluding carboxylic acids is 1. The Morgan fingerprint density at radius 1 is 1.50 bits per heavy atom. The lowest BCUT2D eigenvalue weighted by Gasteiger charge is -2.33. The van der Waals surface area contributed by atoms with Crippen molar-refractivity contribution in [3.8, 4) is 0 Å². The smallest absolute Gasteiger partial charge is 0.284 e. The predicted molar refractivity (Wildman–Crippen MR) is 111 cm³/mol. The molecule has 10 nitrogen and oxygen atoms in total. The molecule has 1 aliphatic heterocycles. The van der Waals surface area contributed by atoms with Crippen molar-refractivity contribution in [3.05, 3.63) is 35.9 Å². The van der Waals surface area contributed by atoms with E-state index >= 15 is 0 Å². The number of carbonyl (C=O) groups is 1. The first-order valence-corrected chi connectivity index (χ1v) is 9.98. The van der Waals surface area contributed by atoms with Crippen LogP contribution in [-0.2, 0) is 9.47 Å². The molecular formula is C17H18F2IN7O3. The van der Waals surface area contributed by atoms with Crippen molar-refractivity contribution in [1.82, 2.24) is 22.6 Å². The third-order valence-electron chi connectivity index (χ3n) is 4.58. The zero-order chi connectivity index (χ0) is 21.3. The fourth-order valence-corrected chi connectivity index (χ4v) is 3.73. The number of nitrogens with zero attached hydrogens (tertiary/aromatic N) is 6. The minimum absolute atomic E-state index is 0.0597. The van der Waals surface area contributed by atoms with E-state index < -0.39 is 18.0 Å². The first-order valence-electron chi connectivity index (χ1n) is 9.01. The number of anilines is 2. The molecule has 1 fully saturated rings. The largest absolute Gasteiger partial charge is 0.382 e. The lowest BCUT2D eigenvalue weighted by molar-refractivity contribution is -0.0102. The van der Waals surface area contributed by atoms with E-state index in [0.29, 0.717) is 37.8 Å². The van der Waals surface area contributed by atoms with Crippen molar-refractivity contribution in [2.75, 3.05) is 43.6 Å². The summed E-state index contributed by atoms with van der Waals surface area (Å²) in [5.41, 5.74) is -0.0731. The SMILES string of the molecule is COCC1CN(c2ccn3ncc(C(=O)Nc4cn(I)nc4C(F)F)c3n2)CCO1. The summed E-state index contributed by atoms with van der Waals surface area (Å²) in [5.74, 6) is 0.0648. The van der Waals surface area contributed by atoms with Crippen molar-refractivity contribution < 1.29 is 23.0 Å². The number of fused-ring (bicyclic) bond motifs is 1. The van der Waals surface area contributed by atoms with Gasteiger partial charge < -0.3 is 19.7 Å². The fourth-order valence-electron chi connectivity index (χ4n) is 3.22. The normalized spacial score (nSPS) is 17.1. The van der Waals surface area contributed by atoms with E-state index in [9.17, 15) is 13.6 Å². The Morgan fingerprint density at radius 2 is 2.33 bits per heavy atom. The molecule has 1 amide bonds. The van der Waals surface area contributed by atoms with Gasteiger partial charge in [0.2, 0.25) is 0 Å². The molecule has 1 saturated heterocycles. The maximum atomic E-state index is 13.1. The predicted octanol–water partition coefficient (Wildman–Crippen LogP) is 2.17. The molecule has 0 bridgehead atoms. The van der Waals surface area contributed by atoms with E-state index in [1.54, 1.807) is 42.2 Å². The zero-order valence-corrected chi connectivity index (χ0v) is 18.0. The number of nitrogens with one attached hydrogen (secondary N) is 1. The van der Waals surface area contributed by atoms with Gasteiger partial charge in [0, 0.05) is 26.4 Å². The maximum absolute atomic E-state index is 13.1. The van der Waals surface area contributed by atoms with Gasteiger partial charge in [-0.25, -0.2) is 21.2 Å². The average molecular weight is 533 g/mol. The molecule has 1 atom stereocenters. The number of aromatic nitrogens is 5. The van der Waals surface area contributed by atoms with Gasteiger partial charge in [0.25, 0.3) is 12.3 Å². The first-order chi connectivity index (χ1) is 14.5. The Balaban J connectivity index is 1.59. The molecule has 1 aliphatic rings. The molecule has 0 spiro atoms. The van der Waals surface area contributed by atoms with Crippen molar-refractivity contribution in [3.63, 3.8) is 0 Å². The van der Waals surface area contributed by atoms with Crippen LogP contribution in [0, 0.1) is 0 Å². The minimum atomic E-state index is -2.81. The van der Waals surface area contributed by atoms with Crippen molar-refractivity contribution in [2.45, 2.75) is 12.5 Å². The van der Waals surface area contributed by atoms with E-state index in [1.807, 2.05) is 4.90 Å². The van der Waals surface area contributed by atoms with Crippen molar-refractivity contribution >= 4 is 45.9 Å². The molecule has 3 aromatic rings. The van der Waals surface area contributed by atoms with Crippen LogP contribution in [-0.4, -0.2) is 68.0 Å². The van der Waals surface area contributed by atoms with Gasteiger partial charge in [-0.05, 0) is 6.07 Å². The molecule has 0 radical (unpaired) electrons. The van der Waals surface area contributed by atoms with E-state index in [4.69, 9.17) is 9.47 Å².